The SMILES string of the molecule is CC(Cc1cccc(Cl)c1)NC(=O)C(C)CCN. The second-order valence-corrected chi connectivity index (χ2v) is 5.16. The highest BCUT2D eigenvalue weighted by atomic mass is 35.5. The molecule has 1 aromatic rings. The van der Waals surface area contributed by atoms with Gasteiger partial charge in [-0.3, -0.25) is 4.79 Å². The lowest BCUT2D eigenvalue weighted by atomic mass is 10.0. The maximum Gasteiger partial charge on any atom is 0.223 e. The van der Waals surface area contributed by atoms with Crippen molar-refractivity contribution in [2.24, 2.45) is 11.7 Å². The highest BCUT2D eigenvalue weighted by Crippen LogP contribution is 2.12. The van der Waals surface area contributed by atoms with Gasteiger partial charge in [-0.05, 0) is 44.0 Å². The van der Waals surface area contributed by atoms with E-state index in [-0.39, 0.29) is 17.9 Å². The molecule has 2 unspecified atom stereocenters. The van der Waals surface area contributed by atoms with Crippen LogP contribution in [0.3, 0.4) is 0 Å². The van der Waals surface area contributed by atoms with Crippen molar-refractivity contribution in [1.29, 1.82) is 0 Å². The van der Waals surface area contributed by atoms with E-state index in [4.69, 9.17) is 17.3 Å². The average molecular weight is 269 g/mol. The van der Waals surface area contributed by atoms with Crippen molar-refractivity contribution in [3.63, 3.8) is 0 Å². The second-order valence-electron chi connectivity index (χ2n) is 4.72. The first-order chi connectivity index (χ1) is 8.52. The summed E-state index contributed by atoms with van der Waals surface area (Å²) in [6.07, 6.45) is 1.50. The zero-order valence-electron chi connectivity index (χ0n) is 10.9. The Morgan fingerprint density at radius 1 is 1.44 bits per heavy atom. The molecule has 0 saturated heterocycles. The average Bonchev–Trinajstić information content (AvgIpc) is 2.28. The first-order valence-electron chi connectivity index (χ1n) is 6.27. The number of carbonyl (C=O) groups excluding carboxylic acids is 1. The molecule has 3 nitrogen and oxygen atoms in total. The van der Waals surface area contributed by atoms with Gasteiger partial charge in [0.1, 0.15) is 0 Å². The van der Waals surface area contributed by atoms with Crippen LogP contribution in [-0.2, 0) is 11.2 Å². The van der Waals surface area contributed by atoms with Gasteiger partial charge >= 0.3 is 0 Å². The lowest BCUT2D eigenvalue weighted by molar-refractivity contribution is -0.125. The molecule has 100 valence electrons. The van der Waals surface area contributed by atoms with Gasteiger partial charge in [0.25, 0.3) is 0 Å². The number of hydrogen-bond acceptors (Lipinski definition) is 2. The Morgan fingerprint density at radius 3 is 2.78 bits per heavy atom. The third-order valence-corrected chi connectivity index (χ3v) is 3.10. The summed E-state index contributed by atoms with van der Waals surface area (Å²) < 4.78 is 0. The molecule has 0 radical (unpaired) electrons. The zero-order chi connectivity index (χ0) is 13.5. The van der Waals surface area contributed by atoms with Crippen LogP contribution in [0.5, 0.6) is 0 Å². The van der Waals surface area contributed by atoms with E-state index in [1.807, 2.05) is 38.1 Å². The summed E-state index contributed by atoms with van der Waals surface area (Å²) in [6, 6.07) is 7.79. The summed E-state index contributed by atoms with van der Waals surface area (Å²) in [7, 11) is 0. The molecule has 18 heavy (non-hydrogen) atoms. The number of nitrogens with two attached hydrogens (primary N) is 1. The minimum Gasteiger partial charge on any atom is -0.353 e. The summed E-state index contributed by atoms with van der Waals surface area (Å²) in [5, 5.41) is 3.72. The molecule has 1 rings (SSSR count). The van der Waals surface area contributed by atoms with Crippen LogP contribution in [0.2, 0.25) is 5.02 Å². The number of halogens is 1. The predicted molar refractivity (Wildman–Crippen MR) is 75.6 cm³/mol. The third-order valence-electron chi connectivity index (χ3n) is 2.87. The minimum atomic E-state index is -0.0307. The molecular formula is C14H21ClN2O. The van der Waals surface area contributed by atoms with E-state index >= 15 is 0 Å². The Morgan fingerprint density at radius 2 is 2.17 bits per heavy atom. The van der Waals surface area contributed by atoms with E-state index in [9.17, 15) is 4.79 Å². The quantitative estimate of drug-likeness (QED) is 0.832. The molecule has 0 heterocycles. The Bertz CT molecular complexity index is 395. The molecule has 0 fully saturated rings. The monoisotopic (exact) mass is 268 g/mol. The van der Waals surface area contributed by atoms with E-state index in [2.05, 4.69) is 5.32 Å². The summed E-state index contributed by atoms with van der Waals surface area (Å²) in [5.41, 5.74) is 6.57. The fourth-order valence-corrected chi connectivity index (χ4v) is 2.05. The van der Waals surface area contributed by atoms with Crippen LogP contribution in [0.1, 0.15) is 25.8 Å². The molecule has 0 spiro atoms. The number of amides is 1. The fourth-order valence-electron chi connectivity index (χ4n) is 1.83. The van der Waals surface area contributed by atoms with Gasteiger partial charge in [-0.25, -0.2) is 0 Å². The highest BCUT2D eigenvalue weighted by molar-refractivity contribution is 6.30. The van der Waals surface area contributed by atoms with Gasteiger partial charge in [0, 0.05) is 17.0 Å². The van der Waals surface area contributed by atoms with Gasteiger partial charge in [-0.15, -0.1) is 0 Å². The van der Waals surface area contributed by atoms with Crippen molar-refractivity contribution in [2.75, 3.05) is 6.54 Å². The van der Waals surface area contributed by atoms with E-state index in [0.29, 0.717) is 6.54 Å². The maximum absolute atomic E-state index is 11.8. The van der Waals surface area contributed by atoms with Crippen LogP contribution in [0.25, 0.3) is 0 Å². The molecule has 0 aliphatic heterocycles. The van der Waals surface area contributed by atoms with Crippen LogP contribution in [0.4, 0.5) is 0 Å². The number of hydrogen-bond donors (Lipinski definition) is 2. The van der Waals surface area contributed by atoms with Crippen molar-refractivity contribution < 1.29 is 4.79 Å². The minimum absolute atomic E-state index is 0.0307. The molecule has 0 bridgehead atoms. The molecule has 4 heteroatoms. The first kappa shape index (κ1) is 15.0. The lowest BCUT2D eigenvalue weighted by Gasteiger charge is -2.17. The second kappa shape index (κ2) is 7.39. The normalized spacial score (nSPS) is 14.0. The Balaban J connectivity index is 2.46. The van der Waals surface area contributed by atoms with Gasteiger partial charge in [0.2, 0.25) is 5.91 Å². The van der Waals surface area contributed by atoms with Gasteiger partial charge < -0.3 is 11.1 Å². The van der Waals surface area contributed by atoms with Gasteiger partial charge in [0.15, 0.2) is 0 Å². The Hall–Kier alpha value is -1.06. The summed E-state index contributed by atoms with van der Waals surface area (Å²) in [5.74, 6) is 0.0341. The summed E-state index contributed by atoms with van der Waals surface area (Å²) in [4.78, 5) is 11.8. The van der Waals surface area contributed by atoms with Crippen molar-refractivity contribution in [1.82, 2.24) is 5.32 Å². The summed E-state index contributed by atoms with van der Waals surface area (Å²) in [6.45, 7) is 4.43. The van der Waals surface area contributed by atoms with Crippen LogP contribution in [0, 0.1) is 5.92 Å². The largest absolute Gasteiger partial charge is 0.353 e. The first-order valence-corrected chi connectivity index (χ1v) is 6.65. The molecule has 2 atom stereocenters. The molecule has 1 aromatic carbocycles. The standard InChI is InChI=1S/C14H21ClN2O/c1-10(6-7-16)14(18)17-11(2)8-12-4-3-5-13(15)9-12/h3-5,9-11H,6-8,16H2,1-2H3,(H,17,18). The van der Waals surface area contributed by atoms with E-state index in [0.717, 1.165) is 23.4 Å². The molecular weight excluding hydrogens is 248 g/mol. The van der Waals surface area contributed by atoms with Gasteiger partial charge in [0.05, 0.1) is 0 Å². The van der Waals surface area contributed by atoms with Gasteiger partial charge in [-0.1, -0.05) is 30.7 Å². The molecule has 0 saturated carbocycles. The van der Waals surface area contributed by atoms with E-state index < -0.39 is 0 Å². The van der Waals surface area contributed by atoms with Crippen LogP contribution in [-0.4, -0.2) is 18.5 Å². The number of rotatable bonds is 6. The van der Waals surface area contributed by atoms with Crippen molar-refractivity contribution in [2.45, 2.75) is 32.7 Å². The Labute approximate surface area is 114 Å². The number of nitrogens with one attached hydrogen (secondary N) is 1. The molecule has 0 aliphatic rings. The summed E-state index contributed by atoms with van der Waals surface area (Å²) >= 11 is 5.92. The van der Waals surface area contributed by atoms with Crippen molar-refractivity contribution in [3.8, 4) is 0 Å². The lowest BCUT2D eigenvalue weighted by Crippen LogP contribution is -2.38. The van der Waals surface area contributed by atoms with Crippen molar-refractivity contribution in [3.05, 3.63) is 34.9 Å². The number of carbonyl (C=O) groups is 1. The van der Waals surface area contributed by atoms with Crippen LogP contribution < -0.4 is 11.1 Å². The van der Waals surface area contributed by atoms with E-state index in [1.165, 1.54) is 0 Å². The number of benzene rings is 1. The van der Waals surface area contributed by atoms with Crippen molar-refractivity contribution >= 4 is 17.5 Å². The Kier molecular flexibility index (Phi) is 6.16. The van der Waals surface area contributed by atoms with Crippen LogP contribution in [0.15, 0.2) is 24.3 Å². The molecule has 3 N–H and O–H groups in total. The maximum atomic E-state index is 11.8. The third kappa shape index (κ3) is 5.07. The molecule has 0 aliphatic carbocycles. The smallest absolute Gasteiger partial charge is 0.223 e. The highest BCUT2D eigenvalue weighted by Gasteiger charge is 2.14. The van der Waals surface area contributed by atoms with Crippen LogP contribution >= 0.6 is 11.6 Å². The zero-order valence-corrected chi connectivity index (χ0v) is 11.7. The topological polar surface area (TPSA) is 55.1 Å². The predicted octanol–water partition coefficient (Wildman–Crippen LogP) is 2.37. The molecule has 0 aromatic heterocycles. The fraction of sp³-hybridized carbons (Fsp3) is 0.500. The van der Waals surface area contributed by atoms with Gasteiger partial charge in [-0.2, -0.15) is 0 Å². The molecule has 1 amide bonds. The van der Waals surface area contributed by atoms with E-state index in [1.54, 1.807) is 0 Å².